The fourth-order valence-electron chi connectivity index (χ4n) is 5.20. The predicted molar refractivity (Wildman–Crippen MR) is 160 cm³/mol. The monoisotopic (exact) mass is 588 g/mol. The third-order valence-corrected chi connectivity index (χ3v) is 8.35. The maximum absolute atomic E-state index is 14.4. The van der Waals surface area contributed by atoms with Gasteiger partial charge in [0.05, 0.1) is 23.8 Å². The van der Waals surface area contributed by atoms with Crippen molar-refractivity contribution in [2.45, 2.75) is 0 Å². The average Bonchev–Trinajstić information content (AvgIpc) is 3.59. The van der Waals surface area contributed by atoms with E-state index in [1.807, 2.05) is 48.5 Å². The highest BCUT2D eigenvalue weighted by Crippen LogP contribution is 2.43. The number of rotatable bonds is 6. The molecular weight excluding hydrogens is 567 g/mol. The molecule has 0 saturated carbocycles. The van der Waals surface area contributed by atoms with Crippen LogP contribution in [0.4, 0.5) is 10.1 Å². The molecule has 8 nitrogen and oxygen atoms in total. The highest BCUT2D eigenvalue weighted by atomic mass is 32.1. The van der Waals surface area contributed by atoms with Crippen molar-refractivity contribution < 1.29 is 28.2 Å². The van der Waals surface area contributed by atoms with Crippen molar-refractivity contribution in [3.63, 3.8) is 0 Å². The van der Waals surface area contributed by atoms with Crippen molar-refractivity contribution >= 4 is 43.8 Å². The molecule has 10 heteroatoms. The van der Waals surface area contributed by atoms with E-state index in [1.54, 1.807) is 36.4 Å². The van der Waals surface area contributed by atoms with Crippen LogP contribution >= 0.6 is 11.3 Å². The zero-order valence-corrected chi connectivity index (χ0v) is 23.4. The van der Waals surface area contributed by atoms with E-state index in [4.69, 9.17) is 20.0 Å². The summed E-state index contributed by atoms with van der Waals surface area (Å²) in [6.45, 7) is 0. The first kappa shape index (κ1) is 26.3. The van der Waals surface area contributed by atoms with Crippen molar-refractivity contribution in [2.75, 3.05) is 12.8 Å². The minimum atomic E-state index is -0.910. The summed E-state index contributed by atoms with van der Waals surface area (Å²) in [4.78, 5) is 19.4. The van der Waals surface area contributed by atoms with E-state index < -0.39 is 17.5 Å². The Morgan fingerprint density at radius 3 is 2.53 bits per heavy atom. The number of carbonyl (C=O) groups is 1. The van der Waals surface area contributed by atoms with Gasteiger partial charge in [0.1, 0.15) is 21.3 Å². The maximum atomic E-state index is 14.4. The number of halogens is 1. The van der Waals surface area contributed by atoms with Gasteiger partial charge in [-0.3, -0.25) is 4.79 Å². The number of anilines is 1. The van der Waals surface area contributed by atoms with Crippen LogP contribution in [0, 0.1) is 5.82 Å². The number of aromatic nitrogens is 3. The SMILES string of the molecule is COc1ccc(-[n+]2noc([O-])c2C(=O)c2sc3nc(-c4cccc5ccccc45)cc(-c4cccc(F)c4)c3c2N)cc1. The molecule has 3 heterocycles. The van der Waals surface area contributed by atoms with Gasteiger partial charge in [0.25, 0.3) is 5.78 Å². The van der Waals surface area contributed by atoms with Gasteiger partial charge in [0.2, 0.25) is 5.69 Å². The first-order valence-electron chi connectivity index (χ1n) is 13.2. The van der Waals surface area contributed by atoms with Crippen LogP contribution < -0.4 is 20.3 Å². The first-order valence-corrected chi connectivity index (χ1v) is 14.0. The van der Waals surface area contributed by atoms with E-state index >= 15 is 0 Å². The van der Waals surface area contributed by atoms with Gasteiger partial charge in [0.15, 0.2) is 5.95 Å². The molecular formula is C33H21FN4O4S. The van der Waals surface area contributed by atoms with Crippen molar-refractivity contribution in [2.24, 2.45) is 0 Å². The first-order chi connectivity index (χ1) is 20.9. The highest BCUT2D eigenvalue weighted by Gasteiger charge is 2.33. The second-order valence-electron chi connectivity index (χ2n) is 9.77. The Hall–Kier alpha value is -5.61. The van der Waals surface area contributed by atoms with E-state index in [9.17, 15) is 14.3 Å². The Labute approximate surface area is 248 Å². The van der Waals surface area contributed by atoms with Gasteiger partial charge in [0, 0.05) is 23.1 Å². The lowest BCUT2D eigenvalue weighted by Gasteiger charge is -2.11. The number of nitrogens with two attached hydrogens (primary N) is 1. The topological polar surface area (TPSA) is 118 Å². The number of nitrogen functional groups attached to an aromatic ring is 1. The fourth-order valence-corrected chi connectivity index (χ4v) is 6.27. The average molecular weight is 589 g/mol. The predicted octanol–water partition coefficient (Wildman–Crippen LogP) is 6.08. The van der Waals surface area contributed by atoms with Crippen molar-refractivity contribution in [1.82, 2.24) is 10.3 Å². The lowest BCUT2D eigenvalue weighted by atomic mass is 9.97. The van der Waals surface area contributed by atoms with Gasteiger partial charge in [-0.2, -0.15) is 0 Å². The molecule has 7 aromatic rings. The van der Waals surface area contributed by atoms with E-state index in [1.165, 1.54) is 19.2 Å². The van der Waals surface area contributed by atoms with Gasteiger partial charge in [-0.25, -0.2) is 9.37 Å². The Morgan fingerprint density at radius 1 is 0.977 bits per heavy atom. The summed E-state index contributed by atoms with van der Waals surface area (Å²) >= 11 is 1.06. The van der Waals surface area contributed by atoms with Crippen LogP contribution in [0.3, 0.4) is 0 Å². The number of thiophene rings is 1. The standard InChI is InChI=1S/C33H21FN4O4S/c1-41-22-14-12-21(13-15-22)38-29(33(40)42-37-38)30(39)31-28(35)27-25(19-8-4-9-20(34)16-19)17-26(36-32(27)43-31)24-11-5-7-18-6-2-3-10-23(18)24/h2-17H,1H3,(H2-,35,37,39,40). The number of pyridine rings is 1. The number of benzene rings is 4. The molecule has 0 spiro atoms. The van der Waals surface area contributed by atoms with Gasteiger partial charge in [-0.15, -0.1) is 11.3 Å². The van der Waals surface area contributed by atoms with Crippen LogP contribution in [0.2, 0.25) is 0 Å². The molecule has 4 aromatic carbocycles. The Bertz CT molecular complexity index is 2190. The summed E-state index contributed by atoms with van der Waals surface area (Å²) in [5.74, 6) is -1.40. The number of hydrogen-bond donors (Lipinski definition) is 1. The quantitative estimate of drug-likeness (QED) is 0.185. The molecule has 0 unspecified atom stereocenters. The third kappa shape index (κ3) is 4.45. The molecule has 0 aliphatic heterocycles. The maximum Gasteiger partial charge on any atom is 0.312 e. The molecule has 0 amide bonds. The summed E-state index contributed by atoms with van der Waals surface area (Å²) in [6, 6.07) is 28.5. The number of ether oxygens (including phenoxy) is 1. The van der Waals surface area contributed by atoms with Crippen LogP contribution in [0.15, 0.2) is 102 Å². The van der Waals surface area contributed by atoms with E-state index in [0.717, 1.165) is 32.4 Å². The molecule has 0 saturated heterocycles. The molecule has 0 bridgehead atoms. The number of hydrogen-bond acceptors (Lipinski definition) is 8. The van der Waals surface area contributed by atoms with Crippen molar-refractivity contribution in [1.29, 1.82) is 0 Å². The fraction of sp³-hybridized carbons (Fsp3) is 0.0303. The second kappa shape index (κ2) is 10.3. The molecule has 0 aliphatic rings. The lowest BCUT2D eigenvalue weighted by Crippen LogP contribution is -2.39. The summed E-state index contributed by atoms with van der Waals surface area (Å²) in [5, 5.41) is 19.1. The molecule has 43 heavy (non-hydrogen) atoms. The number of fused-ring (bicyclic) bond motifs is 2. The highest BCUT2D eigenvalue weighted by molar-refractivity contribution is 7.21. The lowest BCUT2D eigenvalue weighted by molar-refractivity contribution is -0.672. The van der Waals surface area contributed by atoms with Gasteiger partial charge in [-0.1, -0.05) is 54.6 Å². The zero-order chi connectivity index (χ0) is 29.7. The largest absolute Gasteiger partial charge is 0.539 e. The van der Waals surface area contributed by atoms with Gasteiger partial charge < -0.3 is 20.1 Å². The van der Waals surface area contributed by atoms with Crippen molar-refractivity contribution in [3.8, 4) is 39.8 Å². The summed E-state index contributed by atoms with van der Waals surface area (Å²) in [6.07, 6.45) is 0. The van der Waals surface area contributed by atoms with Gasteiger partial charge >= 0.3 is 5.69 Å². The molecule has 2 N–H and O–H groups in total. The summed E-state index contributed by atoms with van der Waals surface area (Å²) in [5.41, 5.74) is 9.57. The number of methoxy groups -OCH3 is 1. The summed E-state index contributed by atoms with van der Waals surface area (Å²) in [7, 11) is 1.53. The van der Waals surface area contributed by atoms with Crippen molar-refractivity contribution in [3.05, 3.63) is 113 Å². The normalized spacial score (nSPS) is 11.3. The Morgan fingerprint density at radius 2 is 1.74 bits per heavy atom. The zero-order valence-electron chi connectivity index (χ0n) is 22.6. The molecule has 7 rings (SSSR count). The van der Waals surface area contributed by atoms with Crippen LogP contribution in [0.25, 0.3) is 49.1 Å². The number of nitrogens with zero attached hydrogens (tertiary/aromatic N) is 3. The minimum Gasteiger partial charge on any atom is -0.539 e. The Kier molecular flexibility index (Phi) is 6.32. The third-order valence-electron chi connectivity index (χ3n) is 7.25. The minimum absolute atomic E-state index is 0.0952. The molecule has 0 atom stereocenters. The van der Waals surface area contributed by atoms with Crippen LogP contribution in [-0.4, -0.2) is 23.1 Å². The number of carbonyl (C=O) groups excluding carboxylic acids is 1. The van der Waals surface area contributed by atoms with E-state index in [2.05, 4.69) is 5.27 Å². The number of ketones is 1. The smallest absolute Gasteiger partial charge is 0.312 e. The van der Waals surface area contributed by atoms with Crippen LogP contribution in [0.1, 0.15) is 15.4 Å². The van der Waals surface area contributed by atoms with Gasteiger partial charge in [-0.05, 0) is 56.9 Å². The van der Waals surface area contributed by atoms with Crippen LogP contribution in [0.5, 0.6) is 11.7 Å². The molecule has 0 aliphatic carbocycles. The molecule has 0 radical (unpaired) electrons. The second-order valence-corrected chi connectivity index (χ2v) is 10.8. The van der Waals surface area contributed by atoms with Crippen LogP contribution in [-0.2, 0) is 0 Å². The Balaban J connectivity index is 1.44. The molecule has 3 aromatic heterocycles. The van der Waals surface area contributed by atoms with E-state index in [0.29, 0.717) is 38.5 Å². The van der Waals surface area contributed by atoms with E-state index in [-0.39, 0.29) is 16.3 Å². The molecule has 210 valence electrons. The summed E-state index contributed by atoms with van der Waals surface area (Å²) < 4.78 is 25.7. The molecule has 0 fully saturated rings.